The SMILES string of the molecule is CCCn1c(=O)c2ccccc2n(CC(=O)Nc2ccc(F)cc2C)c1=O. The molecule has 0 bridgehead atoms. The molecule has 0 fully saturated rings. The summed E-state index contributed by atoms with van der Waals surface area (Å²) in [4.78, 5) is 37.9. The van der Waals surface area contributed by atoms with Crippen LogP contribution in [-0.4, -0.2) is 15.0 Å². The average molecular weight is 369 g/mol. The van der Waals surface area contributed by atoms with Crippen molar-refractivity contribution in [2.24, 2.45) is 0 Å². The van der Waals surface area contributed by atoms with E-state index in [0.717, 1.165) is 4.57 Å². The van der Waals surface area contributed by atoms with Crippen LogP contribution in [0, 0.1) is 12.7 Å². The predicted molar refractivity (Wildman–Crippen MR) is 103 cm³/mol. The highest BCUT2D eigenvalue weighted by molar-refractivity contribution is 5.92. The lowest BCUT2D eigenvalue weighted by molar-refractivity contribution is -0.116. The van der Waals surface area contributed by atoms with Crippen LogP contribution in [0.4, 0.5) is 10.1 Å². The number of rotatable bonds is 5. The Kier molecular flexibility index (Phi) is 5.21. The number of fused-ring (bicyclic) bond motifs is 1. The number of hydrogen-bond donors (Lipinski definition) is 1. The highest BCUT2D eigenvalue weighted by Crippen LogP contribution is 2.16. The molecule has 0 radical (unpaired) electrons. The maximum absolute atomic E-state index is 13.2. The third kappa shape index (κ3) is 3.67. The molecule has 0 atom stereocenters. The van der Waals surface area contributed by atoms with Gasteiger partial charge < -0.3 is 5.32 Å². The van der Waals surface area contributed by atoms with Crippen LogP contribution in [-0.2, 0) is 17.9 Å². The first-order valence-corrected chi connectivity index (χ1v) is 8.70. The number of halogens is 1. The van der Waals surface area contributed by atoms with Crippen LogP contribution in [0.5, 0.6) is 0 Å². The lowest BCUT2D eigenvalue weighted by atomic mass is 10.2. The molecule has 6 nitrogen and oxygen atoms in total. The van der Waals surface area contributed by atoms with Gasteiger partial charge in [0.05, 0.1) is 10.9 Å². The van der Waals surface area contributed by atoms with Gasteiger partial charge in [0.25, 0.3) is 5.56 Å². The molecule has 2 aromatic carbocycles. The Bertz CT molecular complexity index is 1130. The quantitative estimate of drug-likeness (QED) is 0.751. The number of aromatic nitrogens is 2. The van der Waals surface area contributed by atoms with E-state index >= 15 is 0 Å². The van der Waals surface area contributed by atoms with Gasteiger partial charge >= 0.3 is 5.69 Å². The van der Waals surface area contributed by atoms with Crippen molar-refractivity contribution in [1.29, 1.82) is 0 Å². The van der Waals surface area contributed by atoms with Gasteiger partial charge in [-0.05, 0) is 49.2 Å². The smallest absolute Gasteiger partial charge is 0.324 e. The second-order valence-corrected chi connectivity index (χ2v) is 6.35. The molecule has 1 heterocycles. The molecule has 0 spiro atoms. The van der Waals surface area contributed by atoms with Gasteiger partial charge in [-0.2, -0.15) is 0 Å². The van der Waals surface area contributed by atoms with Crippen molar-refractivity contribution in [2.75, 3.05) is 5.32 Å². The van der Waals surface area contributed by atoms with Crippen molar-refractivity contribution in [1.82, 2.24) is 9.13 Å². The summed E-state index contributed by atoms with van der Waals surface area (Å²) in [6.45, 7) is 3.58. The zero-order chi connectivity index (χ0) is 19.6. The maximum atomic E-state index is 13.2. The molecule has 140 valence electrons. The Morgan fingerprint density at radius 3 is 2.56 bits per heavy atom. The molecule has 0 aliphatic heterocycles. The van der Waals surface area contributed by atoms with Crippen LogP contribution in [0.25, 0.3) is 10.9 Å². The van der Waals surface area contributed by atoms with Gasteiger partial charge in [0.1, 0.15) is 12.4 Å². The summed E-state index contributed by atoms with van der Waals surface area (Å²) in [5.41, 5.74) is 0.581. The number of nitrogens with one attached hydrogen (secondary N) is 1. The lowest BCUT2D eigenvalue weighted by Crippen LogP contribution is -2.41. The molecular formula is C20H20FN3O3. The largest absolute Gasteiger partial charge is 0.331 e. The van der Waals surface area contributed by atoms with Crippen molar-refractivity contribution in [3.63, 3.8) is 0 Å². The summed E-state index contributed by atoms with van der Waals surface area (Å²) in [5.74, 6) is -0.821. The van der Waals surface area contributed by atoms with E-state index in [1.54, 1.807) is 31.2 Å². The van der Waals surface area contributed by atoms with E-state index in [0.29, 0.717) is 28.6 Å². The Hall–Kier alpha value is -3.22. The second-order valence-electron chi connectivity index (χ2n) is 6.35. The Morgan fingerprint density at radius 1 is 1.11 bits per heavy atom. The van der Waals surface area contributed by atoms with Crippen LogP contribution in [0.2, 0.25) is 0 Å². The summed E-state index contributed by atoms with van der Waals surface area (Å²) < 4.78 is 15.7. The minimum atomic E-state index is -0.522. The summed E-state index contributed by atoms with van der Waals surface area (Å²) in [7, 11) is 0. The van der Waals surface area contributed by atoms with E-state index in [2.05, 4.69) is 5.32 Å². The zero-order valence-electron chi connectivity index (χ0n) is 15.2. The number of hydrogen-bond acceptors (Lipinski definition) is 3. The molecule has 7 heteroatoms. The normalized spacial score (nSPS) is 10.9. The molecule has 1 N–H and O–H groups in total. The van der Waals surface area contributed by atoms with Gasteiger partial charge in [0.15, 0.2) is 0 Å². The topological polar surface area (TPSA) is 73.1 Å². The third-order valence-corrected chi connectivity index (χ3v) is 4.34. The van der Waals surface area contributed by atoms with Crippen molar-refractivity contribution >= 4 is 22.5 Å². The first kappa shape index (κ1) is 18.6. The van der Waals surface area contributed by atoms with Crippen LogP contribution < -0.4 is 16.6 Å². The first-order valence-electron chi connectivity index (χ1n) is 8.70. The van der Waals surface area contributed by atoms with Crippen molar-refractivity contribution < 1.29 is 9.18 Å². The van der Waals surface area contributed by atoms with Gasteiger partial charge in [0, 0.05) is 12.2 Å². The van der Waals surface area contributed by atoms with E-state index < -0.39 is 11.6 Å². The second kappa shape index (κ2) is 7.57. The van der Waals surface area contributed by atoms with E-state index in [1.807, 2.05) is 6.92 Å². The number of anilines is 1. The van der Waals surface area contributed by atoms with Gasteiger partial charge in [-0.15, -0.1) is 0 Å². The number of aryl methyl sites for hydroxylation is 1. The Labute approximate surface area is 154 Å². The molecule has 1 amide bonds. The number of carbonyl (C=O) groups is 1. The van der Waals surface area contributed by atoms with Crippen molar-refractivity contribution in [3.05, 3.63) is 74.7 Å². The van der Waals surface area contributed by atoms with Gasteiger partial charge in [-0.1, -0.05) is 19.1 Å². The van der Waals surface area contributed by atoms with E-state index in [1.165, 1.54) is 22.8 Å². The molecule has 0 saturated carbocycles. The highest BCUT2D eigenvalue weighted by atomic mass is 19.1. The zero-order valence-corrected chi connectivity index (χ0v) is 15.2. The fourth-order valence-electron chi connectivity index (χ4n) is 3.05. The van der Waals surface area contributed by atoms with E-state index in [4.69, 9.17) is 0 Å². The number of carbonyl (C=O) groups excluding carboxylic acids is 1. The number of benzene rings is 2. The van der Waals surface area contributed by atoms with Gasteiger partial charge in [-0.25, -0.2) is 9.18 Å². The minimum absolute atomic E-state index is 0.250. The Balaban J connectivity index is 2.02. The fourth-order valence-corrected chi connectivity index (χ4v) is 3.05. The molecule has 1 aromatic heterocycles. The lowest BCUT2D eigenvalue weighted by Gasteiger charge is -2.14. The summed E-state index contributed by atoms with van der Waals surface area (Å²) in [6, 6.07) is 10.8. The van der Waals surface area contributed by atoms with E-state index in [9.17, 15) is 18.8 Å². The highest BCUT2D eigenvalue weighted by Gasteiger charge is 2.15. The predicted octanol–water partition coefficient (Wildman–Crippen LogP) is 2.66. The molecular weight excluding hydrogens is 349 g/mol. The Morgan fingerprint density at radius 2 is 1.85 bits per heavy atom. The monoisotopic (exact) mass is 369 g/mol. The van der Waals surface area contributed by atoms with Crippen LogP contribution in [0.1, 0.15) is 18.9 Å². The standard InChI is InChI=1S/C20H20FN3O3/c1-3-10-23-19(26)15-6-4-5-7-17(15)24(20(23)27)12-18(25)22-16-9-8-14(21)11-13(16)2/h4-9,11H,3,10,12H2,1-2H3,(H,22,25). The molecule has 0 unspecified atom stereocenters. The van der Waals surface area contributed by atoms with Crippen molar-refractivity contribution in [3.8, 4) is 0 Å². The van der Waals surface area contributed by atoms with Gasteiger partial charge in [-0.3, -0.25) is 18.7 Å². The van der Waals surface area contributed by atoms with Gasteiger partial charge in [0.2, 0.25) is 5.91 Å². The van der Waals surface area contributed by atoms with Crippen molar-refractivity contribution in [2.45, 2.75) is 33.4 Å². The fraction of sp³-hybridized carbons (Fsp3) is 0.250. The average Bonchev–Trinajstić information content (AvgIpc) is 2.64. The van der Waals surface area contributed by atoms with E-state index in [-0.39, 0.29) is 24.5 Å². The first-order chi connectivity index (χ1) is 12.9. The molecule has 0 aliphatic carbocycles. The van der Waals surface area contributed by atoms with Crippen LogP contribution >= 0.6 is 0 Å². The number of nitrogens with zero attached hydrogens (tertiary/aromatic N) is 2. The van der Waals surface area contributed by atoms with Crippen LogP contribution in [0.3, 0.4) is 0 Å². The van der Waals surface area contributed by atoms with Crippen LogP contribution in [0.15, 0.2) is 52.1 Å². The molecule has 3 aromatic rings. The number of amides is 1. The third-order valence-electron chi connectivity index (χ3n) is 4.34. The molecule has 27 heavy (non-hydrogen) atoms. The molecule has 0 aliphatic rings. The molecule has 3 rings (SSSR count). The maximum Gasteiger partial charge on any atom is 0.331 e. The summed E-state index contributed by atoms with van der Waals surface area (Å²) >= 11 is 0. The number of para-hydroxylation sites is 1. The minimum Gasteiger partial charge on any atom is -0.324 e. The summed E-state index contributed by atoms with van der Waals surface area (Å²) in [5, 5.41) is 3.08. The molecule has 0 saturated heterocycles. The summed E-state index contributed by atoms with van der Waals surface area (Å²) in [6.07, 6.45) is 0.620.